The van der Waals surface area contributed by atoms with Crippen molar-refractivity contribution in [3.63, 3.8) is 0 Å². The second-order valence-electron chi connectivity index (χ2n) is 3.96. The number of nitrogens with one attached hydrogen (secondary N) is 1. The number of carbonyl (C=O) groups is 2. The van der Waals surface area contributed by atoms with Gasteiger partial charge in [0.05, 0.1) is 13.0 Å². The molecule has 0 spiro atoms. The number of carboxylic acids is 1. The van der Waals surface area contributed by atoms with Gasteiger partial charge in [-0.1, -0.05) is 6.07 Å². The highest BCUT2D eigenvalue weighted by molar-refractivity contribution is 5.96. The molecular weight excluding hydrogens is 276 g/mol. The second kappa shape index (κ2) is 8.25. The van der Waals surface area contributed by atoms with E-state index in [-0.39, 0.29) is 31.1 Å². The number of rotatable bonds is 7. The Morgan fingerprint density at radius 2 is 2.00 bits per heavy atom. The lowest BCUT2D eigenvalue weighted by atomic mass is 10.3. The van der Waals surface area contributed by atoms with Crippen molar-refractivity contribution in [3.05, 3.63) is 30.1 Å². The number of pyridine rings is 1. The van der Waals surface area contributed by atoms with Gasteiger partial charge >= 0.3 is 5.97 Å². The normalized spacial score (nSPS) is 12.0. The monoisotopic (exact) mass is 292 g/mol. The van der Waals surface area contributed by atoms with E-state index < -0.39 is 11.9 Å². The average molecular weight is 292 g/mol. The zero-order chi connectivity index (χ0) is 15.7. The van der Waals surface area contributed by atoms with Crippen molar-refractivity contribution in [2.75, 3.05) is 6.54 Å². The number of hydrogen-bond acceptors (Lipinski definition) is 5. The Hall–Kier alpha value is -2.97. The summed E-state index contributed by atoms with van der Waals surface area (Å²) >= 11 is 0. The van der Waals surface area contributed by atoms with E-state index in [1.165, 1.54) is 0 Å². The van der Waals surface area contributed by atoms with Gasteiger partial charge in [-0.25, -0.2) is 0 Å². The van der Waals surface area contributed by atoms with Gasteiger partial charge in [-0.05, 0) is 12.1 Å². The maximum Gasteiger partial charge on any atom is 0.303 e. The smallest absolute Gasteiger partial charge is 0.303 e. The zero-order valence-electron chi connectivity index (χ0n) is 11.2. The first-order valence-corrected chi connectivity index (χ1v) is 6.04. The molecule has 1 amide bonds. The van der Waals surface area contributed by atoms with Gasteiger partial charge in [0.1, 0.15) is 11.5 Å². The van der Waals surface area contributed by atoms with Crippen LogP contribution in [0.1, 0.15) is 18.5 Å². The van der Waals surface area contributed by atoms with Crippen molar-refractivity contribution < 1.29 is 14.7 Å². The minimum absolute atomic E-state index is 0.0394. The fourth-order valence-corrected chi connectivity index (χ4v) is 1.22. The van der Waals surface area contributed by atoms with Crippen LogP contribution in [0.5, 0.6) is 0 Å². The summed E-state index contributed by atoms with van der Waals surface area (Å²) < 4.78 is 0. The van der Waals surface area contributed by atoms with Crippen LogP contribution in [0.15, 0.2) is 34.6 Å². The molecule has 0 aliphatic rings. The van der Waals surface area contributed by atoms with Crippen LogP contribution >= 0.6 is 0 Å². The molecule has 0 bridgehead atoms. The minimum atomic E-state index is -1.04. The van der Waals surface area contributed by atoms with Crippen LogP contribution < -0.4 is 16.8 Å². The molecule has 0 radical (unpaired) electrons. The maximum absolute atomic E-state index is 11.3. The Labute approximate surface area is 120 Å². The molecule has 0 aliphatic heterocycles. The van der Waals surface area contributed by atoms with Crippen LogP contribution in [0.3, 0.4) is 0 Å². The molecule has 0 fully saturated rings. The fraction of sp³-hybridized carbons (Fsp3) is 0.250. The van der Waals surface area contributed by atoms with Crippen molar-refractivity contribution in [1.82, 2.24) is 10.3 Å². The summed E-state index contributed by atoms with van der Waals surface area (Å²) in [6.45, 7) is -0.0442. The molecular formula is C12H16N6O3. The van der Waals surface area contributed by atoms with Gasteiger partial charge in [0, 0.05) is 12.6 Å². The van der Waals surface area contributed by atoms with Crippen molar-refractivity contribution >= 4 is 23.5 Å². The van der Waals surface area contributed by atoms with Gasteiger partial charge in [-0.3, -0.25) is 14.6 Å². The van der Waals surface area contributed by atoms with Gasteiger partial charge in [-0.2, -0.15) is 0 Å². The van der Waals surface area contributed by atoms with Crippen molar-refractivity contribution in [3.8, 4) is 0 Å². The lowest BCUT2D eigenvalue weighted by Gasteiger charge is -2.02. The third-order valence-corrected chi connectivity index (χ3v) is 2.25. The summed E-state index contributed by atoms with van der Waals surface area (Å²) in [7, 11) is 0. The van der Waals surface area contributed by atoms with Crippen LogP contribution in [0.2, 0.25) is 0 Å². The van der Waals surface area contributed by atoms with Gasteiger partial charge in [-0.15, -0.1) is 10.2 Å². The summed E-state index contributed by atoms with van der Waals surface area (Å²) in [4.78, 5) is 25.5. The molecule has 6 N–H and O–H groups in total. The average Bonchev–Trinajstić information content (AvgIpc) is 2.49. The number of hydrogen-bond donors (Lipinski definition) is 4. The van der Waals surface area contributed by atoms with Crippen LogP contribution in [-0.4, -0.2) is 40.2 Å². The third-order valence-electron chi connectivity index (χ3n) is 2.25. The van der Waals surface area contributed by atoms with Gasteiger partial charge in [0.25, 0.3) is 0 Å². The van der Waals surface area contributed by atoms with Crippen LogP contribution in [-0.2, 0) is 9.59 Å². The number of aromatic nitrogens is 1. The van der Waals surface area contributed by atoms with E-state index in [1.807, 2.05) is 0 Å². The Balaban J connectivity index is 2.46. The Morgan fingerprint density at radius 3 is 2.62 bits per heavy atom. The fourth-order valence-electron chi connectivity index (χ4n) is 1.22. The van der Waals surface area contributed by atoms with E-state index in [0.717, 1.165) is 0 Å². The summed E-state index contributed by atoms with van der Waals surface area (Å²) in [6.07, 6.45) is 1.20. The van der Waals surface area contributed by atoms with E-state index in [2.05, 4.69) is 20.5 Å². The molecule has 0 saturated carbocycles. The maximum atomic E-state index is 11.3. The van der Waals surface area contributed by atoms with Crippen LogP contribution in [0.25, 0.3) is 0 Å². The lowest BCUT2D eigenvalue weighted by Crippen LogP contribution is -2.33. The number of nitrogens with zero attached hydrogens (tertiary/aromatic N) is 3. The molecule has 0 aliphatic carbocycles. The number of amidine groups is 2. The van der Waals surface area contributed by atoms with Crippen molar-refractivity contribution in [2.24, 2.45) is 21.7 Å². The molecule has 9 heteroatoms. The number of carbonyl (C=O) groups excluding carboxylic acids is 1. The van der Waals surface area contributed by atoms with E-state index in [0.29, 0.717) is 5.69 Å². The zero-order valence-corrected chi connectivity index (χ0v) is 11.2. The van der Waals surface area contributed by atoms with Crippen LogP contribution in [0.4, 0.5) is 0 Å². The molecule has 0 unspecified atom stereocenters. The number of aliphatic carboxylic acids is 1. The number of nitrogens with two attached hydrogens (primary N) is 2. The third kappa shape index (κ3) is 6.66. The molecule has 9 nitrogen and oxygen atoms in total. The van der Waals surface area contributed by atoms with E-state index in [4.69, 9.17) is 16.6 Å². The molecule has 0 atom stereocenters. The summed E-state index contributed by atoms with van der Waals surface area (Å²) in [5, 5.41) is 18.2. The standard InChI is InChI=1S/C12H16N6O3/c13-9(7-16-10(19)4-5-11(20)21)17-18-12(14)8-3-1-2-6-15-8/h1-3,6H,4-5,7H2,(H2,13,17)(H2,14,18)(H,16,19)(H,20,21). The first kappa shape index (κ1) is 16.1. The SMILES string of the molecule is N/C(CNC(=O)CCC(=O)O)=N\N=C(/N)c1ccccn1. The van der Waals surface area contributed by atoms with Crippen LogP contribution in [0, 0.1) is 0 Å². The van der Waals surface area contributed by atoms with E-state index in [9.17, 15) is 9.59 Å². The molecule has 1 aromatic rings. The predicted octanol–water partition coefficient (Wildman–Crippen LogP) is -0.960. The summed E-state index contributed by atoms with van der Waals surface area (Å²) in [5.74, 6) is -1.34. The molecule has 1 heterocycles. The lowest BCUT2D eigenvalue weighted by molar-refractivity contribution is -0.138. The van der Waals surface area contributed by atoms with Gasteiger partial charge in [0.15, 0.2) is 5.84 Å². The Bertz CT molecular complexity index is 555. The second-order valence-corrected chi connectivity index (χ2v) is 3.96. The highest BCUT2D eigenvalue weighted by Gasteiger charge is 2.05. The van der Waals surface area contributed by atoms with Crippen molar-refractivity contribution in [1.29, 1.82) is 0 Å². The first-order chi connectivity index (χ1) is 9.99. The largest absolute Gasteiger partial charge is 0.481 e. The predicted molar refractivity (Wildman–Crippen MR) is 76.5 cm³/mol. The molecule has 112 valence electrons. The molecule has 1 aromatic heterocycles. The molecule has 21 heavy (non-hydrogen) atoms. The van der Waals surface area contributed by atoms with Crippen molar-refractivity contribution in [2.45, 2.75) is 12.8 Å². The Morgan fingerprint density at radius 1 is 1.24 bits per heavy atom. The topological polar surface area (TPSA) is 156 Å². The van der Waals surface area contributed by atoms with E-state index >= 15 is 0 Å². The number of amides is 1. The molecule has 1 rings (SSSR count). The summed E-state index contributed by atoms with van der Waals surface area (Å²) in [5.41, 5.74) is 11.7. The highest BCUT2D eigenvalue weighted by Crippen LogP contribution is 1.93. The first-order valence-electron chi connectivity index (χ1n) is 6.04. The minimum Gasteiger partial charge on any atom is -0.481 e. The number of carboxylic acid groups (broad SMARTS) is 1. The molecule has 0 saturated heterocycles. The quantitative estimate of drug-likeness (QED) is 0.288. The molecule has 0 aromatic carbocycles. The van der Waals surface area contributed by atoms with E-state index in [1.54, 1.807) is 24.4 Å². The highest BCUT2D eigenvalue weighted by atomic mass is 16.4. The van der Waals surface area contributed by atoms with Gasteiger partial charge < -0.3 is 21.9 Å². The van der Waals surface area contributed by atoms with Gasteiger partial charge in [0.2, 0.25) is 5.91 Å². The Kier molecular flexibility index (Phi) is 6.32. The summed E-state index contributed by atoms with van der Waals surface area (Å²) in [6, 6.07) is 5.15.